The van der Waals surface area contributed by atoms with Crippen molar-refractivity contribution in [1.29, 1.82) is 0 Å². The molecule has 1 aliphatic carbocycles. The van der Waals surface area contributed by atoms with E-state index in [0.717, 1.165) is 19.3 Å². The Labute approximate surface area is 99.6 Å². The summed E-state index contributed by atoms with van der Waals surface area (Å²) in [6.07, 6.45) is 7.15. The van der Waals surface area contributed by atoms with Gasteiger partial charge in [0, 0.05) is 12.2 Å². The van der Waals surface area contributed by atoms with Crippen molar-refractivity contribution in [3.63, 3.8) is 0 Å². The molecule has 0 unspecified atom stereocenters. The second kappa shape index (κ2) is 4.33. The summed E-state index contributed by atoms with van der Waals surface area (Å²) in [7, 11) is 0. The molecular formula is C12H15N3O2. The summed E-state index contributed by atoms with van der Waals surface area (Å²) in [5.41, 5.74) is 0.710. The molecule has 0 bridgehead atoms. The maximum Gasteiger partial charge on any atom is 0.319 e. The van der Waals surface area contributed by atoms with Crippen LogP contribution in [0.25, 0.3) is 0 Å². The zero-order valence-electron chi connectivity index (χ0n) is 9.43. The lowest BCUT2D eigenvalue weighted by molar-refractivity contribution is 0.245. The Balaban J connectivity index is 1.50. The summed E-state index contributed by atoms with van der Waals surface area (Å²) < 4.78 is 5.43. The molecule has 1 saturated carbocycles. The van der Waals surface area contributed by atoms with Crippen LogP contribution in [-0.2, 0) is 4.74 Å². The van der Waals surface area contributed by atoms with Crippen LogP contribution in [0.15, 0.2) is 24.5 Å². The third-order valence-corrected chi connectivity index (χ3v) is 3.26. The number of rotatable bonds is 2. The fourth-order valence-electron chi connectivity index (χ4n) is 2.32. The topological polar surface area (TPSA) is 66.5 Å². The minimum absolute atomic E-state index is 0.165. The number of fused-ring (bicyclic) bond motifs is 1. The SMILES string of the molecule is O=C(Nc1cccnc1)N[C@@H]1CC[C@H]2O[C@@H]2C1. The molecule has 0 aromatic carbocycles. The summed E-state index contributed by atoms with van der Waals surface area (Å²) in [5, 5.41) is 5.73. The molecule has 90 valence electrons. The van der Waals surface area contributed by atoms with Crippen molar-refractivity contribution in [2.24, 2.45) is 0 Å². The maximum atomic E-state index is 11.7. The van der Waals surface area contributed by atoms with Crippen molar-refractivity contribution in [2.75, 3.05) is 5.32 Å². The van der Waals surface area contributed by atoms with Gasteiger partial charge in [0.2, 0.25) is 0 Å². The molecule has 1 saturated heterocycles. The number of carbonyl (C=O) groups is 1. The number of epoxide rings is 1. The molecule has 1 aromatic rings. The summed E-state index contributed by atoms with van der Waals surface area (Å²) in [6, 6.07) is 3.67. The summed E-state index contributed by atoms with van der Waals surface area (Å²) >= 11 is 0. The first kappa shape index (κ1) is 10.5. The van der Waals surface area contributed by atoms with Crippen molar-refractivity contribution >= 4 is 11.7 Å². The van der Waals surface area contributed by atoms with Crippen LogP contribution < -0.4 is 10.6 Å². The summed E-state index contributed by atoms with van der Waals surface area (Å²) in [5.74, 6) is 0. The van der Waals surface area contributed by atoms with Gasteiger partial charge in [0.05, 0.1) is 24.1 Å². The van der Waals surface area contributed by atoms with Crippen LogP contribution in [0.4, 0.5) is 10.5 Å². The van der Waals surface area contributed by atoms with Crippen LogP contribution >= 0.6 is 0 Å². The Bertz CT molecular complexity index is 409. The Morgan fingerprint density at radius 2 is 2.35 bits per heavy atom. The first-order valence-electron chi connectivity index (χ1n) is 5.94. The number of pyridine rings is 1. The largest absolute Gasteiger partial charge is 0.370 e. The molecule has 17 heavy (non-hydrogen) atoms. The normalized spacial score (nSPS) is 30.2. The average Bonchev–Trinajstić information content (AvgIpc) is 3.08. The number of hydrogen-bond donors (Lipinski definition) is 2. The van der Waals surface area contributed by atoms with E-state index in [-0.39, 0.29) is 12.1 Å². The van der Waals surface area contributed by atoms with Crippen LogP contribution in [-0.4, -0.2) is 29.3 Å². The Hall–Kier alpha value is -1.62. The number of amides is 2. The highest BCUT2D eigenvalue weighted by Crippen LogP contribution is 2.36. The first-order chi connectivity index (χ1) is 8.31. The molecule has 2 aliphatic rings. The molecule has 3 rings (SSSR count). The van der Waals surface area contributed by atoms with Crippen molar-refractivity contribution in [1.82, 2.24) is 10.3 Å². The lowest BCUT2D eigenvalue weighted by Gasteiger charge is -2.20. The highest BCUT2D eigenvalue weighted by Gasteiger charge is 2.44. The second-order valence-corrected chi connectivity index (χ2v) is 4.56. The lowest BCUT2D eigenvalue weighted by atomic mass is 9.96. The average molecular weight is 233 g/mol. The van der Waals surface area contributed by atoms with E-state index in [2.05, 4.69) is 15.6 Å². The molecule has 5 nitrogen and oxygen atoms in total. The summed E-state index contributed by atoms with van der Waals surface area (Å²) in [6.45, 7) is 0. The molecule has 0 spiro atoms. The van der Waals surface area contributed by atoms with E-state index >= 15 is 0 Å². The Morgan fingerprint density at radius 3 is 3.12 bits per heavy atom. The van der Waals surface area contributed by atoms with E-state index < -0.39 is 0 Å². The van der Waals surface area contributed by atoms with Gasteiger partial charge < -0.3 is 15.4 Å². The van der Waals surface area contributed by atoms with E-state index in [9.17, 15) is 4.79 Å². The van der Waals surface area contributed by atoms with E-state index in [4.69, 9.17) is 4.74 Å². The molecule has 3 atom stereocenters. The van der Waals surface area contributed by atoms with Gasteiger partial charge >= 0.3 is 6.03 Å². The second-order valence-electron chi connectivity index (χ2n) is 4.56. The zero-order valence-corrected chi connectivity index (χ0v) is 9.43. The van der Waals surface area contributed by atoms with E-state index in [1.54, 1.807) is 18.5 Å². The smallest absolute Gasteiger partial charge is 0.319 e. The predicted octanol–water partition coefficient (Wildman–Crippen LogP) is 1.52. The minimum Gasteiger partial charge on any atom is -0.370 e. The quantitative estimate of drug-likeness (QED) is 0.761. The molecule has 2 fully saturated rings. The number of anilines is 1. The maximum absolute atomic E-state index is 11.7. The van der Waals surface area contributed by atoms with Crippen molar-refractivity contribution in [2.45, 2.75) is 37.5 Å². The van der Waals surface area contributed by atoms with Crippen molar-refractivity contribution in [3.8, 4) is 0 Å². The van der Waals surface area contributed by atoms with Gasteiger partial charge in [0.15, 0.2) is 0 Å². The molecule has 0 radical (unpaired) electrons. The van der Waals surface area contributed by atoms with Gasteiger partial charge in [-0.15, -0.1) is 0 Å². The highest BCUT2D eigenvalue weighted by atomic mass is 16.6. The van der Waals surface area contributed by atoms with Crippen LogP contribution in [0.5, 0.6) is 0 Å². The number of aromatic nitrogens is 1. The predicted molar refractivity (Wildman–Crippen MR) is 62.7 cm³/mol. The fourth-order valence-corrected chi connectivity index (χ4v) is 2.32. The Kier molecular flexibility index (Phi) is 2.68. The van der Waals surface area contributed by atoms with E-state index in [1.807, 2.05) is 6.07 Å². The van der Waals surface area contributed by atoms with Gasteiger partial charge in [-0.2, -0.15) is 0 Å². The van der Waals surface area contributed by atoms with Gasteiger partial charge in [0.1, 0.15) is 0 Å². The van der Waals surface area contributed by atoms with Crippen LogP contribution in [0.1, 0.15) is 19.3 Å². The molecule has 2 N–H and O–H groups in total. The summed E-state index contributed by atoms with van der Waals surface area (Å²) in [4.78, 5) is 15.7. The lowest BCUT2D eigenvalue weighted by Crippen LogP contribution is -2.40. The van der Waals surface area contributed by atoms with Crippen molar-refractivity contribution in [3.05, 3.63) is 24.5 Å². The van der Waals surface area contributed by atoms with E-state index in [1.165, 1.54) is 0 Å². The molecule has 1 aliphatic heterocycles. The minimum atomic E-state index is -0.165. The molecule has 2 heterocycles. The van der Waals surface area contributed by atoms with E-state index in [0.29, 0.717) is 17.9 Å². The van der Waals surface area contributed by atoms with Gasteiger partial charge in [-0.25, -0.2) is 4.79 Å². The van der Waals surface area contributed by atoms with Gasteiger partial charge in [-0.3, -0.25) is 4.98 Å². The zero-order chi connectivity index (χ0) is 11.7. The molecule has 5 heteroatoms. The van der Waals surface area contributed by atoms with Crippen LogP contribution in [0, 0.1) is 0 Å². The molecular weight excluding hydrogens is 218 g/mol. The number of ether oxygens (including phenoxy) is 1. The fraction of sp³-hybridized carbons (Fsp3) is 0.500. The third-order valence-electron chi connectivity index (χ3n) is 3.26. The number of hydrogen-bond acceptors (Lipinski definition) is 3. The highest BCUT2D eigenvalue weighted by molar-refractivity contribution is 5.89. The number of urea groups is 1. The third kappa shape index (κ3) is 2.55. The van der Waals surface area contributed by atoms with Crippen LogP contribution in [0.3, 0.4) is 0 Å². The van der Waals surface area contributed by atoms with Gasteiger partial charge in [-0.05, 0) is 31.4 Å². The van der Waals surface area contributed by atoms with Gasteiger partial charge in [-0.1, -0.05) is 0 Å². The monoisotopic (exact) mass is 233 g/mol. The number of carbonyl (C=O) groups excluding carboxylic acids is 1. The number of nitrogens with zero attached hydrogens (tertiary/aromatic N) is 1. The molecule has 1 aromatic heterocycles. The Morgan fingerprint density at radius 1 is 1.41 bits per heavy atom. The number of nitrogens with one attached hydrogen (secondary N) is 2. The molecule has 2 amide bonds. The standard InChI is InChI=1S/C12H15N3O2/c16-12(15-9-2-1-5-13-7-9)14-8-3-4-10-11(6-8)17-10/h1-2,5,7-8,10-11H,3-4,6H2,(H2,14,15,16)/t8-,10-,11-/m1/s1. The van der Waals surface area contributed by atoms with Crippen molar-refractivity contribution < 1.29 is 9.53 Å². The van der Waals surface area contributed by atoms with Crippen LogP contribution in [0.2, 0.25) is 0 Å². The van der Waals surface area contributed by atoms with Gasteiger partial charge in [0.25, 0.3) is 0 Å². The first-order valence-corrected chi connectivity index (χ1v) is 5.94.